The lowest BCUT2D eigenvalue weighted by atomic mass is 10.3. The minimum absolute atomic E-state index is 0.133. The van der Waals surface area contributed by atoms with Gasteiger partial charge in [-0.1, -0.05) is 11.6 Å². The highest BCUT2D eigenvalue weighted by Crippen LogP contribution is 2.25. The van der Waals surface area contributed by atoms with Crippen molar-refractivity contribution in [3.8, 4) is 0 Å². The first-order chi connectivity index (χ1) is 7.00. The number of primary amides is 1. The van der Waals surface area contributed by atoms with Crippen molar-refractivity contribution in [1.82, 2.24) is 5.32 Å². The summed E-state index contributed by atoms with van der Waals surface area (Å²) in [5, 5.41) is 3.01. The predicted molar refractivity (Wildman–Crippen MR) is 60.2 cm³/mol. The summed E-state index contributed by atoms with van der Waals surface area (Å²) in [6.45, 7) is 2.11. The third-order valence-electron chi connectivity index (χ3n) is 1.67. The summed E-state index contributed by atoms with van der Waals surface area (Å²) in [6.07, 6.45) is 0.133. The maximum absolute atomic E-state index is 11.5. The molecule has 1 rings (SSSR count). The van der Waals surface area contributed by atoms with E-state index in [1.54, 1.807) is 6.07 Å². The SMILES string of the molecule is Cc1cc(Cl)c(C(=O)NCCC(N)=O)s1. The normalized spacial score (nSPS) is 10.0. The van der Waals surface area contributed by atoms with E-state index < -0.39 is 5.91 Å². The van der Waals surface area contributed by atoms with E-state index in [2.05, 4.69) is 5.32 Å². The smallest absolute Gasteiger partial charge is 0.262 e. The molecule has 1 heterocycles. The van der Waals surface area contributed by atoms with Crippen molar-refractivity contribution < 1.29 is 9.59 Å². The number of carbonyl (C=O) groups excluding carboxylic acids is 2. The van der Waals surface area contributed by atoms with E-state index in [0.29, 0.717) is 9.90 Å². The number of halogens is 1. The van der Waals surface area contributed by atoms with Crippen molar-refractivity contribution in [3.63, 3.8) is 0 Å². The van der Waals surface area contributed by atoms with Crippen molar-refractivity contribution in [3.05, 3.63) is 20.8 Å². The summed E-state index contributed by atoms with van der Waals surface area (Å²) in [6, 6.07) is 1.73. The van der Waals surface area contributed by atoms with Gasteiger partial charge in [0.05, 0.1) is 5.02 Å². The number of hydrogen-bond donors (Lipinski definition) is 2. The number of thiophene rings is 1. The van der Waals surface area contributed by atoms with E-state index >= 15 is 0 Å². The molecule has 4 nitrogen and oxygen atoms in total. The Kier molecular flexibility index (Phi) is 4.11. The lowest BCUT2D eigenvalue weighted by Crippen LogP contribution is -2.27. The molecule has 6 heteroatoms. The van der Waals surface area contributed by atoms with E-state index in [9.17, 15) is 9.59 Å². The Balaban J connectivity index is 2.54. The van der Waals surface area contributed by atoms with Gasteiger partial charge in [0.15, 0.2) is 0 Å². The maximum atomic E-state index is 11.5. The molecule has 15 heavy (non-hydrogen) atoms. The summed E-state index contributed by atoms with van der Waals surface area (Å²) in [5.41, 5.74) is 4.94. The van der Waals surface area contributed by atoms with Crippen molar-refractivity contribution in [2.45, 2.75) is 13.3 Å². The molecule has 0 spiro atoms. The Labute approximate surface area is 96.4 Å². The molecule has 1 aromatic heterocycles. The minimum Gasteiger partial charge on any atom is -0.370 e. The Hall–Kier alpha value is -1.07. The highest BCUT2D eigenvalue weighted by Gasteiger charge is 2.13. The molecular formula is C9H11ClN2O2S. The molecule has 0 aliphatic carbocycles. The van der Waals surface area contributed by atoms with Crippen LogP contribution in [0.3, 0.4) is 0 Å². The van der Waals surface area contributed by atoms with Gasteiger partial charge in [0, 0.05) is 17.8 Å². The van der Waals surface area contributed by atoms with E-state index in [1.165, 1.54) is 11.3 Å². The number of amides is 2. The third kappa shape index (κ3) is 3.53. The van der Waals surface area contributed by atoms with Gasteiger partial charge in [-0.3, -0.25) is 9.59 Å². The highest BCUT2D eigenvalue weighted by atomic mass is 35.5. The van der Waals surface area contributed by atoms with Crippen LogP contribution in [0, 0.1) is 6.92 Å². The fourth-order valence-corrected chi connectivity index (χ4v) is 2.27. The molecule has 0 unspecified atom stereocenters. The van der Waals surface area contributed by atoms with Gasteiger partial charge in [0.25, 0.3) is 5.91 Å². The Morgan fingerprint density at radius 2 is 2.27 bits per heavy atom. The molecule has 0 aliphatic heterocycles. The van der Waals surface area contributed by atoms with Crippen molar-refractivity contribution >= 4 is 34.8 Å². The van der Waals surface area contributed by atoms with Gasteiger partial charge in [-0.25, -0.2) is 0 Å². The second-order valence-electron chi connectivity index (χ2n) is 3.01. The minimum atomic E-state index is -0.441. The predicted octanol–water partition coefficient (Wildman–Crippen LogP) is 1.32. The summed E-state index contributed by atoms with van der Waals surface area (Å²) in [4.78, 5) is 23.4. The van der Waals surface area contributed by atoms with Gasteiger partial charge < -0.3 is 11.1 Å². The average Bonchev–Trinajstić information content (AvgIpc) is 2.44. The van der Waals surface area contributed by atoms with Crippen LogP contribution >= 0.6 is 22.9 Å². The number of aryl methyl sites for hydroxylation is 1. The molecule has 3 N–H and O–H groups in total. The quantitative estimate of drug-likeness (QED) is 0.841. The summed E-state index contributed by atoms with van der Waals surface area (Å²) in [5.74, 6) is -0.705. The van der Waals surface area contributed by atoms with Crippen LogP contribution in [0.25, 0.3) is 0 Å². The molecule has 1 aromatic rings. The molecule has 2 amide bonds. The van der Waals surface area contributed by atoms with Gasteiger partial charge in [-0.2, -0.15) is 0 Å². The largest absolute Gasteiger partial charge is 0.370 e. The second kappa shape index (κ2) is 5.14. The number of rotatable bonds is 4. The number of carbonyl (C=O) groups is 2. The molecule has 82 valence electrons. The zero-order chi connectivity index (χ0) is 11.4. The molecule has 0 atom stereocenters. The Morgan fingerprint density at radius 1 is 1.60 bits per heavy atom. The van der Waals surface area contributed by atoms with E-state index in [-0.39, 0.29) is 18.9 Å². The van der Waals surface area contributed by atoms with Crippen LogP contribution in [0.1, 0.15) is 21.0 Å². The Bertz CT molecular complexity index is 389. The van der Waals surface area contributed by atoms with Crippen LogP contribution in [0.4, 0.5) is 0 Å². The van der Waals surface area contributed by atoms with Crippen LogP contribution in [0.15, 0.2) is 6.07 Å². The fraction of sp³-hybridized carbons (Fsp3) is 0.333. The zero-order valence-electron chi connectivity index (χ0n) is 8.17. The monoisotopic (exact) mass is 246 g/mol. The number of nitrogens with one attached hydrogen (secondary N) is 1. The van der Waals surface area contributed by atoms with Gasteiger partial charge in [0.1, 0.15) is 4.88 Å². The van der Waals surface area contributed by atoms with Crippen LogP contribution in [0.5, 0.6) is 0 Å². The molecule has 0 fully saturated rings. The van der Waals surface area contributed by atoms with Gasteiger partial charge in [-0.15, -0.1) is 11.3 Å². The van der Waals surface area contributed by atoms with Crippen molar-refractivity contribution in [2.24, 2.45) is 5.73 Å². The second-order valence-corrected chi connectivity index (χ2v) is 4.67. The average molecular weight is 247 g/mol. The van der Waals surface area contributed by atoms with Crippen molar-refractivity contribution in [2.75, 3.05) is 6.54 Å². The number of nitrogens with two attached hydrogens (primary N) is 1. The van der Waals surface area contributed by atoms with Gasteiger partial charge in [-0.05, 0) is 13.0 Å². The van der Waals surface area contributed by atoms with E-state index in [1.807, 2.05) is 6.92 Å². The molecule has 0 bridgehead atoms. The topological polar surface area (TPSA) is 72.2 Å². The standard InChI is InChI=1S/C9H11ClN2O2S/c1-5-4-6(10)8(15-5)9(14)12-3-2-7(11)13/h4H,2-3H2,1H3,(H2,11,13)(H,12,14). The first-order valence-corrected chi connectivity index (χ1v) is 5.52. The van der Waals surface area contributed by atoms with Crippen LogP contribution < -0.4 is 11.1 Å². The molecule has 0 saturated heterocycles. The van der Waals surface area contributed by atoms with E-state index in [4.69, 9.17) is 17.3 Å². The molecule has 0 aliphatic rings. The van der Waals surface area contributed by atoms with Crippen LogP contribution in [0.2, 0.25) is 5.02 Å². The molecular weight excluding hydrogens is 236 g/mol. The Morgan fingerprint density at radius 3 is 2.73 bits per heavy atom. The fourth-order valence-electron chi connectivity index (χ4n) is 1.02. The summed E-state index contributed by atoms with van der Waals surface area (Å²) >= 11 is 7.16. The zero-order valence-corrected chi connectivity index (χ0v) is 9.74. The van der Waals surface area contributed by atoms with Gasteiger partial charge >= 0.3 is 0 Å². The molecule has 0 saturated carbocycles. The third-order valence-corrected chi connectivity index (χ3v) is 3.13. The van der Waals surface area contributed by atoms with E-state index in [0.717, 1.165) is 4.88 Å². The highest BCUT2D eigenvalue weighted by molar-refractivity contribution is 7.14. The first kappa shape index (κ1) is 12.0. The molecule has 0 radical (unpaired) electrons. The number of hydrogen-bond acceptors (Lipinski definition) is 3. The summed E-state index contributed by atoms with van der Waals surface area (Å²) in [7, 11) is 0. The first-order valence-electron chi connectivity index (χ1n) is 4.33. The lowest BCUT2D eigenvalue weighted by molar-refractivity contribution is -0.117. The maximum Gasteiger partial charge on any atom is 0.262 e. The van der Waals surface area contributed by atoms with Crippen LogP contribution in [-0.4, -0.2) is 18.4 Å². The van der Waals surface area contributed by atoms with Crippen molar-refractivity contribution in [1.29, 1.82) is 0 Å². The van der Waals surface area contributed by atoms with Gasteiger partial charge in [0.2, 0.25) is 5.91 Å². The summed E-state index contributed by atoms with van der Waals surface area (Å²) < 4.78 is 0. The lowest BCUT2D eigenvalue weighted by Gasteiger charge is -2.01. The molecule has 0 aromatic carbocycles. The van der Waals surface area contributed by atoms with Crippen LogP contribution in [-0.2, 0) is 4.79 Å².